The number of rotatable bonds is 5. The van der Waals surface area contributed by atoms with Crippen LogP contribution in [0.3, 0.4) is 0 Å². The van der Waals surface area contributed by atoms with Gasteiger partial charge in [0.1, 0.15) is 0 Å². The zero-order valence-electron chi connectivity index (χ0n) is 9.50. The highest BCUT2D eigenvalue weighted by atomic mass is 79.9. The Morgan fingerprint density at radius 3 is 2.73 bits per heavy atom. The maximum Gasteiger partial charge on any atom is 0.0705 e. The van der Waals surface area contributed by atoms with E-state index in [0.29, 0.717) is 5.92 Å². The average molecular weight is 275 g/mol. The third-order valence-corrected chi connectivity index (χ3v) is 3.41. The second-order valence-electron chi connectivity index (χ2n) is 3.97. The van der Waals surface area contributed by atoms with Crippen molar-refractivity contribution in [3.63, 3.8) is 0 Å². The van der Waals surface area contributed by atoms with Crippen molar-refractivity contribution in [2.45, 2.75) is 32.7 Å². The van der Waals surface area contributed by atoms with Gasteiger partial charge in [-0.05, 0) is 28.3 Å². The zero-order chi connectivity index (χ0) is 11.4. The Kier molecular flexibility index (Phi) is 4.76. The Balaban J connectivity index is 2.82. The summed E-state index contributed by atoms with van der Waals surface area (Å²) in [6.07, 6.45) is 3.98. The van der Waals surface area contributed by atoms with Crippen LogP contribution in [0.1, 0.15) is 38.4 Å². The van der Waals surface area contributed by atoms with Crippen molar-refractivity contribution in [1.82, 2.24) is 15.2 Å². The van der Waals surface area contributed by atoms with Crippen LogP contribution >= 0.6 is 15.9 Å². The lowest BCUT2D eigenvalue weighted by atomic mass is 9.98. The fraction of sp³-hybridized carbons (Fsp3) is 0.700. The molecule has 4 nitrogen and oxygen atoms in total. The number of nitrogens with two attached hydrogens (primary N) is 1. The molecule has 0 aliphatic carbocycles. The first-order chi connectivity index (χ1) is 7.10. The van der Waals surface area contributed by atoms with Gasteiger partial charge < -0.3 is 0 Å². The van der Waals surface area contributed by atoms with Crippen molar-refractivity contribution in [2.75, 3.05) is 0 Å². The molecule has 2 unspecified atom stereocenters. The molecule has 0 saturated heterocycles. The molecule has 0 radical (unpaired) electrons. The fourth-order valence-electron chi connectivity index (χ4n) is 1.64. The Bertz CT molecular complexity index is 291. The quantitative estimate of drug-likeness (QED) is 0.639. The van der Waals surface area contributed by atoms with Gasteiger partial charge in [-0.3, -0.25) is 16.0 Å². The molecule has 1 aromatic heterocycles. The van der Waals surface area contributed by atoms with E-state index in [1.807, 2.05) is 11.7 Å². The maximum atomic E-state index is 5.59. The van der Waals surface area contributed by atoms with E-state index in [-0.39, 0.29) is 6.04 Å². The molecule has 1 aromatic rings. The number of aryl methyl sites for hydroxylation is 1. The van der Waals surface area contributed by atoms with Crippen LogP contribution in [0.15, 0.2) is 10.7 Å². The number of nitrogens with one attached hydrogen (secondary N) is 1. The van der Waals surface area contributed by atoms with E-state index in [0.717, 1.165) is 23.0 Å². The minimum atomic E-state index is 0.154. The van der Waals surface area contributed by atoms with Crippen LogP contribution in [-0.2, 0) is 7.05 Å². The van der Waals surface area contributed by atoms with Crippen LogP contribution in [0.2, 0.25) is 0 Å². The molecule has 15 heavy (non-hydrogen) atoms. The summed E-state index contributed by atoms with van der Waals surface area (Å²) in [6, 6.07) is 0.154. The average Bonchev–Trinajstić information content (AvgIpc) is 2.55. The second-order valence-corrected chi connectivity index (χ2v) is 4.82. The van der Waals surface area contributed by atoms with Crippen molar-refractivity contribution in [3.8, 4) is 0 Å². The van der Waals surface area contributed by atoms with Crippen LogP contribution < -0.4 is 11.3 Å². The first-order valence-corrected chi connectivity index (χ1v) is 6.02. The van der Waals surface area contributed by atoms with E-state index in [4.69, 9.17) is 5.84 Å². The highest BCUT2D eigenvalue weighted by Gasteiger charge is 2.19. The van der Waals surface area contributed by atoms with E-state index >= 15 is 0 Å². The van der Waals surface area contributed by atoms with Crippen molar-refractivity contribution in [2.24, 2.45) is 18.8 Å². The van der Waals surface area contributed by atoms with E-state index < -0.39 is 0 Å². The Morgan fingerprint density at radius 1 is 1.67 bits per heavy atom. The van der Waals surface area contributed by atoms with Gasteiger partial charge in [-0.15, -0.1) is 0 Å². The Labute approximate surface area is 99.3 Å². The van der Waals surface area contributed by atoms with Gasteiger partial charge in [0.15, 0.2) is 0 Å². The van der Waals surface area contributed by atoms with Gasteiger partial charge in [-0.2, -0.15) is 5.10 Å². The molecule has 0 bridgehead atoms. The molecule has 2 atom stereocenters. The molecule has 5 heteroatoms. The highest BCUT2D eigenvalue weighted by Crippen LogP contribution is 2.27. The zero-order valence-corrected chi connectivity index (χ0v) is 11.1. The monoisotopic (exact) mass is 274 g/mol. The molecule has 0 aliphatic rings. The van der Waals surface area contributed by atoms with E-state index in [2.05, 4.69) is 40.3 Å². The minimum Gasteiger partial charge on any atom is -0.271 e. The summed E-state index contributed by atoms with van der Waals surface area (Å²) in [5.74, 6) is 6.24. The third-order valence-electron chi connectivity index (χ3n) is 2.80. The van der Waals surface area contributed by atoms with Gasteiger partial charge in [-0.1, -0.05) is 20.3 Å². The molecule has 0 fully saturated rings. The van der Waals surface area contributed by atoms with E-state index in [1.54, 1.807) is 6.20 Å². The standard InChI is InChI=1S/C10H19BrN4/c1-4-7(2)5-9(14-12)10-8(11)6-13-15(10)3/h6-7,9,14H,4-5,12H2,1-3H3. The number of nitrogens with zero attached hydrogens (tertiary/aromatic N) is 2. The summed E-state index contributed by atoms with van der Waals surface area (Å²) < 4.78 is 2.87. The number of hydrogen-bond donors (Lipinski definition) is 2. The van der Waals surface area contributed by atoms with E-state index in [1.165, 1.54) is 0 Å². The van der Waals surface area contributed by atoms with Crippen molar-refractivity contribution < 1.29 is 0 Å². The first kappa shape index (κ1) is 12.7. The lowest BCUT2D eigenvalue weighted by Crippen LogP contribution is -2.31. The molecule has 0 spiro atoms. The summed E-state index contributed by atoms with van der Waals surface area (Å²) in [4.78, 5) is 0. The largest absolute Gasteiger partial charge is 0.271 e. The summed E-state index contributed by atoms with van der Waals surface area (Å²) in [6.45, 7) is 4.42. The van der Waals surface area contributed by atoms with Crippen LogP contribution in [0.5, 0.6) is 0 Å². The number of hydrogen-bond acceptors (Lipinski definition) is 3. The molecule has 0 amide bonds. The van der Waals surface area contributed by atoms with Crippen LogP contribution in [0.25, 0.3) is 0 Å². The fourth-order valence-corrected chi connectivity index (χ4v) is 2.26. The second kappa shape index (κ2) is 5.63. The third kappa shape index (κ3) is 3.03. The highest BCUT2D eigenvalue weighted by molar-refractivity contribution is 9.10. The maximum absolute atomic E-state index is 5.59. The molecular weight excluding hydrogens is 256 g/mol. The molecule has 1 heterocycles. The van der Waals surface area contributed by atoms with Crippen LogP contribution in [-0.4, -0.2) is 9.78 Å². The summed E-state index contributed by atoms with van der Waals surface area (Å²) in [5, 5.41) is 4.19. The van der Waals surface area contributed by atoms with E-state index in [9.17, 15) is 0 Å². The van der Waals surface area contributed by atoms with Gasteiger partial charge in [-0.25, -0.2) is 0 Å². The van der Waals surface area contributed by atoms with Gasteiger partial charge in [0.2, 0.25) is 0 Å². The summed E-state index contributed by atoms with van der Waals surface area (Å²) in [5.41, 5.74) is 3.97. The van der Waals surface area contributed by atoms with Crippen LogP contribution in [0, 0.1) is 5.92 Å². The summed E-state index contributed by atoms with van der Waals surface area (Å²) in [7, 11) is 1.93. The number of aromatic nitrogens is 2. The number of halogens is 1. The van der Waals surface area contributed by atoms with Crippen LogP contribution in [0.4, 0.5) is 0 Å². The lowest BCUT2D eigenvalue weighted by Gasteiger charge is -2.20. The molecule has 3 N–H and O–H groups in total. The van der Waals surface area contributed by atoms with Gasteiger partial charge in [0.05, 0.1) is 22.4 Å². The van der Waals surface area contributed by atoms with Gasteiger partial charge in [0, 0.05) is 7.05 Å². The molecule has 0 aliphatic heterocycles. The molecular formula is C10H19BrN4. The molecule has 0 aromatic carbocycles. The van der Waals surface area contributed by atoms with Crippen molar-refractivity contribution in [3.05, 3.63) is 16.4 Å². The summed E-state index contributed by atoms with van der Waals surface area (Å²) >= 11 is 3.49. The normalized spacial score (nSPS) is 15.3. The SMILES string of the molecule is CCC(C)CC(NN)c1c(Br)cnn1C. The topological polar surface area (TPSA) is 55.9 Å². The van der Waals surface area contributed by atoms with Gasteiger partial charge in [0.25, 0.3) is 0 Å². The lowest BCUT2D eigenvalue weighted by molar-refractivity contribution is 0.390. The molecule has 0 saturated carbocycles. The van der Waals surface area contributed by atoms with Gasteiger partial charge >= 0.3 is 0 Å². The minimum absolute atomic E-state index is 0.154. The van der Waals surface area contributed by atoms with Crippen molar-refractivity contribution >= 4 is 15.9 Å². The first-order valence-electron chi connectivity index (χ1n) is 5.23. The smallest absolute Gasteiger partial charge is 0.0705 e. The Hall–Kier alpha value is -0.390. The van der Waals surface area contributed by atoms with Crippen molar-refractivity contribution in [1.29, 1.82) is 0 Å². The predicted molar refractivity (Wildman–Crippen MR) is 65.0 cm³/mol. The predicted octanol–water partition coefficient (Wildman–Crippen LogP) is 2.12. The number of hydrazine groups is 1. The molecule has 1 rings (SSSR count). The Morgan fingerprint density at radius 2 is 2.33 bits per heavy atom. The molecule has 86 valence electrons.